The summed E-state index contributed by atoms with van der Waals surface area (Å²) in [6.45, 7) is 8.22. The molecule has 0 amide bonds. The summed E-state index contributed by atoms with van der Waals surface area (Å²) in [5, 5.41) is 0. The monoisotopic (exact) mass is 200 g/mol. The van der Waals surface area contributed by atoms with Crippen LogP contribution in [0.1, 0.15) is 40.5 Å². The van der Waals surface area contributed by atoms with E-state index in [2.05, 4.69) is 13.8 Å². The third-order valence-electron chi connectivity index (χ3n) is 3.05. The van der Waals surface area contributed by atoms with Gasteiger partial charge in [0, 0.05) is 0 Å². The SMILES string of the molecule is CCC1OC(CC)C2OC(C)(C)OC12. The fraction of sp³-hybridized carbons (Fsp3) is 1.00. The maximum absolute atomic E-state index is 5.87. The Morgan fingerprint density at radius 1 is 0.929 bits per heavy atom. The molecular weight excluding hydrogens is 180 g/mol. The Hall–Kier alpha value is -0.120. The highest BCUT2D eigenvalue weighted by molar-refractivity contribution is 4.96. The van der Waals surface area contributed by atoms with Crippen LogP contribution in [0.4, 0.5) is 0 Å². The summed E-state index contributed by atoms with van der Waals surface area (Å²) in [4.78, 5) is 0. The van der Waals surface area contributed by atoms with E-state index in [9.17, 15) is 0 Å². The van der Waals surface area contributed by atoms with Crippen LogP contribution in [-0.4, -0.2) is 30.2 Å². The van der Waals surface area contributed by atoms with E-state index in [1.54, 1.807) is 0 Å². The quantitative estimate of drug-likeness (QED) is 0.683. The summed E-state index contributed by atoms with van der Waals surface area (Å²) in [5.41, 5.74) is 0. The van der Waals surface area contributed by atoms with Gasteiger partial charge in [-0.1, -0.05) is 13.8 Å². The Morgan fingerprint density at radius 2 is 1.36 bits per heavy atom. The molecule has 0 N–H and O–H groups in total. The first-order valence-corrected chi connectivity index (χ1v) is 5.58. The average Bonchev–Trinajstić information content (AvgIpc) is 2.57. The van der Waals surface area contributed by atoms with Gasteiger partial charge in [0.25, 0.3) is 0 Å². The van der Waals surface area contributed by atoms with Crippen molar-refractivity contribution in [1.29, 1.82) is 0 Å². The van der Waals surface area contributed by atoms with E-state index >= 15 is 0 Å². The normalized spacial score (nSPS) is 45.4. The molecule has 82 valence electrons. The number of hydrogen-bond donors (Lipinski definition) is 0. The lowest BCUT2D eigenvalue weighted by Gasteiger charge is -2.23. The van der Waals surface area contributed by atoms with Crippen molar-refractivity contribution >= 4 is 0 Å². The Kier molecular flexibility index (Phi) is 2.58. The summed E-state index contributed by atoms with van der Waals surface area (Å²) in [6, 6.07) is 0. The summed E-state index contributed by atoms with van der Waals surface area (Å²) in [6.07, 6.45) is 2.70. The van der Waals surface area contributed by atoms with Crippen molar-refractivity contribution in [2.75, 3.05) is 0 Å². The molecule has 0 radical (unpaired) electrons. The molecule has 4 atom stereocenters. The van der Waals surface area contributed by atoms with Crippen molar-refractivity contribution in [2.45, 2.75) is 70.7 Å². The van der Waals surface area contributed by atoms with Gasteiger partial charge in [-0.15, -0.1) is 0 Å². The first kappa shape index (κ1) is 10.4. The average molecular weight is 200 g/mol. The molecule has 2 aliphatic heterocycles. The lowest BCUT2D eigenvalue weighted by atomic mass is 10.1. The third kappa shape index (κ3) is 1.58. The predicted molar refractivity (Wildman–Crippen MR) is 53.1 cm³/mol. The summed E-state index contributed by atoms with van der Waals surface area (Å²) >= 11 is 0. The van der Waals surface area contributed by atoms with Crippen LogP contribution < -0.4 is 0 Å². The maximum Gasteiger partial charge on any atom is 0.164 e. The smallest absolute Gasteiger partial charge is 0.164 e. The molecule has 0 bridgehead atoms. The second-order valence-electron chi connectivity index (χ2n) is 4.59. The highest BCUT2D eigenvalue weighted by Gasteiger charge is 2.53. The van der Waals surface area contributed by atoms with Gasteiger partial charge in [0.1, 0.15) is 12.2 Å². The second kappa shape index (κ2) is 3.47. The molecule has 0 spiro atoms. The summed E-state index contributed by atoms with van der Waals surface area (Å²) < 4.78 is 17.6. The molecule has 2 rings (SSSR count). The lowest BCUT2D eigenvalue weighted by Crippen LogP contribution is -2.29. The molecule has 0 aliphatic carbocycles. The van der Waals surface area contributed by atoms with E-state index in [0.29, 0.717) is 0 Å². The van der Waals surface area contributed by atoms with Gasteiger partial charge in [-0.2, -0.15) is 0 Å². The fourth-order valence-corrected chi connectivity index (χ4v) is 2.43. The van der Waals surface area contributed by atoms with Crippen LogP contribution in [0.25, 0.3) is 0 Å². The van der Waals surface area contributed by atoms with Crippen LogP contribution >= 0.6 is 0 Å². The molecule has 2 aliphatic rings. The number of fused-ring (bicyclic) bond motifs is 1. The van der Waals surface area contributed by atoms with Gasteiger partial charge in [0.2, 0.25) is 0 Å². The Morgan fingerprint density at radius 3 is 1.71 bits per heavy atom. The van der Waals surface area contributed by atoms with Crippen LogP contribution in [0.15, 0.2) is 0 Å². The molecule has 14 heavy (non-hydrogen) atoms. The Balaban J connectivity index is 2.12. The van der Waals surface area contributed by atoms with Crippen molar-refractivity contribution in [3.8, 4) is 0 Å². The minimum Gasteiger partial charge on any atom is -0.369 e. The van der Waals surface area contributed by atoms with E-state index in [1.165, 1.54) is 0 Å². The van der Waals surface area contributed by atoms with Crippen LogP contribution in [0, 0.1) is 0 Å². The van der Waals surface area contributed by atoms with E-state index in [4.69, 9.17) is 14.2 Å². The van der Waals surface area contributed by atoms with Gasteiger partial charge in [0.15, 0.2) is 5.79 Å². The third-order valence-corrected chi connectivity index (χ3v) is 3.05. The number of rotatable bonds is 2. The molecule has 2 heterocycles. The predicted octanol–water partition coefficient (Wildman–Crippen LogP) is 2.09. The Labute approximate surface area is 85.7 Å². The van der Waals surface area contributed by atoms with Gasteiger partial charge in [-0.05, 0) is 26.7 Å². The molecular formula is C11H20O3. The Bertz CT molecular complexity index is 195. The maximum atomic E-state index is 5.87. The molecule has 3 heteroatoms. The van der Waals surface area contributed by atoms with Crippen LogP contribution in [0.2, 0.25) is 0 Å². The van der Waals surface area contributed by atoms with E-state index in [-0.39, 0.29) is 24.4 Å². The standard InChI is InChI=1S/C11H20O3/c1-5-7-9-10(8(6-2)12-7)14-11(3,4)13-9/h7-10H,5-6H2,1-4H3. The van der Waals surface area contributed by atoms with Gasteiger partial charge in [-0.3, -0.25) is 0 Å². The van der Waals surface area contributed by atoms with Crippen LogP contribution in [0.3, 0.4) is 0 Å². The van der Waals surface area contributed by atoms with Crippen LogP contribution in [-0.2, 0) is 14.2 Å². The highest BCUT2D eigenvalue weighted by atomic mass is 16.8. The second-order valence-corrected chi connectivity index (χ2v) is 4.59. The van der Waals surface area contributed by atoms with Gasteiger partial charge < -0.3 is 14.2 Å². The molecule has 0 aromatic carbocycles. The van der Waals surface area contributed by atoms with E-state index in [0.717, 1.165) is 12.8 Å². The minimum atomic E-state index is -0.431. The molecule has 3 nitrogen and oxygen atoms in total. The van der Waals surface area contributed by atoms with Crippen molar-refractivity contribution in [1.82, 2.24) is 0 Å². The zero-order valence-corrected chi connectivity index (χ0v) is 9.45. The summed E-state index contributed by atoms with van der Waals surface area (Å²) in [7, 11) is 0. The zero-order chi connectivity index (χ0) is 10.3. The highest BCUT2D eigenvalue weighted by Crippen LogP contribution is 2.40. The molecule has 2 saturated heterocycles. The molecule has 2 fully saturated rings. The molecule has 0 saturated carbocycles. The minimum absolute atomic E-state index is 0.139. The van der Waals surface area contributed by atoms with Gasteiger partial charge in [-0.25, -0.2) is 0 Å². The van der Waals surface area contributed by atoms with Crippen LogP contribution in [0.5, 0.6) is 0 Å². The van der Waals surface area contributed by atoms with Crippen molar-refractivity contribution < 1.29 is 14.2 Å². The molecule has 0 aromatic heterocycles. The topological polar surface area (TPSA) is 27.7 Å². The van der Waals surface area contributed by atoms with Crippen molar-refractivity contribution in [3.05, 3.63) is 0 Å². The van der Waals surface area contributed by atoms with E-state index < -0.39 is 5.79 Å². The fourth-order valence-electron chi connectivity index (χ4n) is 2.43. The lowest BCUT2D eigenvalue weighted by molar-refractivity contribution is -0.187. The number of hydrogen-bond acceptors (Lipinski definition) is 3. The first-order valence-electron chi connectivity index (χ1n) is 5.58. The largest absolute Gasteiger partial charge is 0.369 e. The molecule has 4 unspecified atom stereocenters. The van der Waals surface area contributed by atoms with Crippen molar-refractivity contribution in [2.24, 2.45) is 0 Å². The summed E-state index contributed by atoms with van der Waals surface area (Å²) in [5.74, 6) is -0.431. The molecule has 0 aromatic rings. The van der Waals surface area contributed by atoms with Gasteiger partial charge in [0.05, 0.1) is 12.2 Å². The van der Waals surface area contributed by atoms with Gasteiger partial charge >= 0.3 is 0 Å². The first-order chi connectivity index (χ1) is 6.57. The van der Waals surface area contributed by atoms with Crippen molar-refractivity contribution in [3.63, 3.8) is 0 Å². The number of ether oxygens (including phenoxy) is 3. The van der Waals surface area contributed by atoms with E-state index in [1.807, 2.05) is 13.8 Å². The zero-order valence-electron chi connectivity index (χ0n) is 9.45.